The zero-order chi connectivity index (χ0) is 14.8. The van der Waals surface area contributed by atoms with Crippen LogP contribution in [0.3, 0.4) is 0 Å². The normalized spacial score (nSPS) is 12.3. The Bertz CT molecular complexity index is 689. The molecule has 0 fully saturated rings. The molecule has 0 radical (unpaired) electrons. The lowest BCUT2D eigenvalue weighted by molar-refractivity contribution is 0.491. The molecule has 2 aromatic rings. The summed E-state index contributed by atoms with van der Waals surface area (Å²) in [6.07, 6.45) is 3.32. The Morgan fingerprint density at radius 3 is 2.35 bits per heavy atom. The molecule has 4 nitrogen and oxygen atoms in total. The molecule has 0 aliphatic heterocycles. The molecule has 0 aliphatic rings. The number of hydrogen-bond acceptors (Lipinski definition) is 3. The van der Waals surface area contributed by atoms with E-state index in [0.29, 0.717) is 5.56 Å². The van der Waals surface area contributed by atoms with E-state index in [4.69, 9.17) is 0 Å². The summed E-state index contributed by atoms with van der Waals surface area (Å²) in [5.41, 5.74) is 0.903. The Labute approximate surface area is 119 Å². The number of sulfonamides is 1. The molecule has 0 saturated heterocycles. The smallest absolute Gasteiger partial charge is 0.241 e. The van der Waals surface area contributed by atoms with Crippen molar-refractivity contribution in [2.24, 2.45) is 0 Å². The molecule has 5 heteroatoms. The number of nitrogens with one attached hydrogen (secondary N) is 1. The summed E-state index contributed by atoms with van der Waals surface area (Å²) in [5.74, 6) is 0. The van der Waals surface area contributed by atoms with Gasteiger partial charge in [0, 0.05) is 29.1 Å². The predicted octanol–water partition coefficient (Wildman–Crippen LogP) is 2.83. The Balaban J connectivity index is 2.54. The molecule has 0 aliphatic carbocycles. The number of benzene rings is 1. The molecule has 1 aromatic carbocycles. The first kappa shape index (κ1) is 14.7. The summed E-state index contributed by atoms with van der Waals surface area (Å²) in [7, 11) is -3.57. The Hall–Kier alpha value is -1.72. The number of aromatic nitrogens is 1. The fourth-order valence-corrected chi connectivity index (χ4v) is 3.57. The highest BCUT2D eigenvalue weighted by molar-refractivity contribution is 7.89. The molecule has 1 heterocycles. The highest BCUT2D eigenvalue weighted by Crippen LogP contribution is 2.27. The van der Waals surface area contributed by atoms with Crippen molar-refractivity contribution in [3.05, 3.63) is 48.8 Å². The van der Waals surface area contributed by atoms with Gasteiger partial charge in [-0.05, 0) is 32.9 Å². The monoisotopic (exact) mass is 290 g/mol. The number of nitrogens with zero attached hydrogens (tertiary/aromatic N) is 1. The second-order valence-electron chi connectivity index (χ2n) is 5.59. The SMILES string of the molecule is CC(C)(C)NS(=O)(=O)c1ccccc1-c1cccnc1. The zero-order valence-corrected chi connectivity index (χ0v) is 12.6. The van der Waals surface area contributed by atoms with Crippen molar-refractivity contribution in [1.29, 1.82) is 0 Å². The summed E-state index contributed by atoms with van der Waals surface area (Å²) in [5, 5.41) is 0. The molecule has 20 heavy (non-hydrogen) atoms. The van der Waals surface area contributed by atoms with Gasteiger partial charge in [-0.1, -0.05) is 24.3 Å². The highest BCUT2D eigenvalue weighted by Gasteiger charge is 2.24. The molecule has 2 rings (SSSR count). The van der Waals surface area contributed by atoms with E-state index in [-0.39, 0.29) is 4.90 Å². The standard InChI is InChI=1S/C15H18N2O2S/c1-15(2,3)17-20(18,19)14-9-5-4-8-13(14)12-7-6-10-16-11-12/h4-11,17H,1-3H3. The van der Waals surface area contributed by atoms with Gasteiger partial charge < -0.3 is 0 Å². The summed E-state index contributed by atoms with van der Waals surface area (Å²) in [4.78, 5) is 4.31. The maximum atomic E-state index is 12.5. The van der Waals surface area contributed by atoms with Crippen LogP contribution in [0.25, 0.3) is 11.1 Å². The largest absolute Gasteiger partial charge is 0.264 e. The molecule has 1 aromatic heterocycles. The van der Waals surface area contributed by atoms with Crippen molar-refractivity contribution < 1.29 is 8.42 Å². The number of hydrogen-bond donors (Lipinski definition) is 1. The molecular formula is C15H18N2O2S. The topological polar surface area (TPSA) is 59.1 Å². The van der Waals surface area contributed by atoms with Crippen molar-refractivity contribution in [3.8, 4) is 11.1 Å². The van der Waals surface area contributed by atoms with Crippen LogP contribution in [0.4, 0.5) is 0 Å². The third-order valence-corrected chi connectivity index (χ3v) is 4.41. The van der Waals surface area contributed by atoms with E-state index in [0.717, 1.165) is 5.56 Å². The summed E-state index contributed by atoms with van der Waals surface area (Å²) < 4.78 is 27.7. The average Bonchev–Trinajstić information content (AvgIpc) is 2.37. The van der Waals surface area contributed by atoms with E-state index in [2.05, 4.69) is 9.71 Å². The van der Waals surface area contributed by atoms with E-state index in [1.165, 1.54) is 0 Å². The third-order valence-electron chi connectivity index (χ3n) is 2.59. The molecule has 0 amide bonds. The number of rotatable bonds is 3. The van der Waals surface area contributed by atoms with Gasteiger partial charge in [-0.2, -0.15) is 0 Å². The predicted molar refractivity (Wildman–Crippen MR) is 79.7 cm³/mol. The molecule has 0 bridgehead atoms. The summed E-state index contributed by atoms with van der Waals surface area (Å²) >= 11 is 0. The van der Waals surface area contributed by atoms with Crippen molar-refractivity contribution in [3.63, 3.8) is 0 Å². The Kier molecular flexibility index (Phi) is 3.92. The summed E-state index contributed by atoms with van der Waals surface area (Å²) in [6, 6.07) is 10.6. The second kappa shape index (κ2) is 5.34. The van der Waals surface area contributed by atoms with Crippen LogP contribution in [0.15, 0.2) is 53.7 Å². The number of pyridine rings is 1. The first-order chi connectivity index (χ1) is 9.30. The van der Waals surface area contributed by atoms with E-state index in [1.807, 2.05) is 32.9 Å². The van der Waals surface area contributed by atoms with Gasteiger partial charge in [-0.25, -0.2) is 13.1 Å². The second-order valence-corrected chi connectivity index (χ2v) is 7.24. The van der Waals surface area contributed by atoms with E-state index >= 15 is 0 Å². The van der Waals surface area contributed by atoms with Gasteiger partial charge in [0.15, 0.2) is 0 Å². The lowest BCUT2D eigenvalue weighted by Gasteiger charge is -2.21. The van der Waals surface area contributed by atoms with Crippen LogP contribution in [-0.2, 0) is 10.0 Å². The lowest BCUT2D eigenvalue weighted by Crippen LogP contribution is -2.40. The summed E-state index contributed by atoms with van der Waals surface area (Å²) in [6.45, 7) is 5.45. The van der Waals surface area contributed by atoms with Crippen LogP contribution in [-0.4, -0.2) is 18.9 Å². The fourth-order valence-electron chi connectivity index (χ4n) is 1.92. The van der Waals surface area contributed by atoms with E-state index in [9.17, 15) is 8.42 Å². The van der Waals surface area contributed by atoms with Gasteiger partial charge in [-0.3, -0.25) is 4.98 Å². The maximum Gasteiger partial charge on any atom is 0.241 e. The molecule has 106 valence electrons. The fraction of sp³-hybridized carbons (Fsp3) is 0.267. The minimum atomic E-state index is -3.57. The van der Waals surface area contributed by atoms with E-state index < -0.39 is 15.6 Å². The van der Waals surface area contributed by atoms with Crippen LogP contribution in [0.5, 0.6) is 0 Å². The Morgan fingerprint density at radius 2 is 1.75 bits per heavy atom. The van der Waals surface area contributed by atoms with Crippen LogP contribution in [0.1, 0.15) is 20.8 Å². The lowest BCUT2D eigenvalue weighted by atomic mass is 10.1. The van der Waals surface area contributed by atoms with E-state index in [1.54, 1.807) is 36.7 Å². The van der Waals surface area contributed by atoms with Crippen LogP contribution in [0, 0.1) is 0 Å². The van der Waals surface area contributed by atoms with Crippen LogP contribution < -0.4 is 4.72 Å². The molecule has 0 atom stereocenters. The van der Waals surface area contributed by atoms with Gasteiger partial charge in [0.25, 0.3) is 0 Å². The first-order valence-electron chi connectivity index (χ1n) is 6.33. The van der Waals surface area contributed by atoms with Gasteiger partial charge in [0.2, 0.25) is 10.0 Å². The van der Waals surface area contributed by atoms with Gasteiger partial charge >= 0.3 is 0 Å². The van der Waals surface area contributed by atoms with Crippen LogP contribution in [0.2, 0.25) is 0 Å². The van der Waals surface area contributed by atoms with Crippen LogP contribution >= 0.6 is 0 Å². The molecule has 0 unspecified atom stereocenters. The molecular weight excluding hydrogens is 272 g/mol. The van der Waals surface area contributed by atoms with Crippen molar-refractivity contribution >= 4 is 10.0 Å². The van der Waals surface area contributed by atoms with Crippen molar-refractivity contribution in [2.45, 2.75) is 31.2 Å². The first-order valence-corrected chi connectivity index (χ1v) is 7.81. The van der Waals surface area contributed by atoms with Crippen molar-refractivity contribution in [2.75, 3.05) is 0 Å². The highest BCUT2D eigenvalue weighted by atomic mass is 32.2. The van der Waals surface area contributed by atoms with Gasteiger partial charge in [0.1, 0.15) is 0 Å². The Morgan fingerprint density at radius 1 is 1.05 bits per heavy atom. The molecule has 1 N–H and O–H groups in total. The van der Waals surface area contributed by atoms with Gasteiger partial charge in [-0.15, -0.1) is 0 Å². The third kappa shape index (κ3) is 3.43. The minimum Gasteiger partial charge on any atom is -0.264 e. The maximum absolute atomic E-state index is 12.5. The van der Waals surface area contributed by atoms with Gasteiger partial charge in [0.05, 0.1) is 4.90 Å². The minimum absolute atomic E-state index is 0.267. The van der Waals surface area contributed by atoms with Crippen molar-refractivity contribution in [1.82, 2.24) is 9.71 Å². The average molecular weight is 290 g/mol. The molecule has 0 saturated carbocycles. The zero-order valence-electron chi connectivity index (χ0n) is 11.8. The molecule has 0 spiro atoms. The quantitative estimate of drug-likeness (QED) is 0.945.